The fourth-order valence-electron chi connectivity index (χ4n) is 1.68. The van der Waals surface area contributed by atoms with Crippen LogP contribution in [0.15, 0.2) is 36.4 Å². The van der Waals surface area contributed by atoms with Crippen LogP contribution in [0.5, 0.6) is 0 Å². The van der Waals surface area contributed by atoms with Crippen LogP contribution in [-0.2, 0) is 0 Å². The van der Waals surface area contributed by atoms with Crippen molar-refractivity contribution in [2.45, 2.75) is 20.0 Å². The summed E-state index contributed by atoms with van der Waals surface area (Å²) < 4.78 is 0. The van der Waals surface area contributed by atoms with E-state index >= 15 is 0 Å². The maximum atomic E-state index is 10.3. The summed E-state index contributed by atoms with van der Waals surface area (Å²) in [5.41, 5.74) is 2.13. The Morgan fingerprint density at radius 2 is 1.82 bits per heavy atom. The van der Waals surface area contributed by atoms with Crippen LogP contribution in [0.4, 0.5) is 0 Å². The standard InChI is InChI=1S/C15H23NO/c1-12(2)15(17)14(10-11-16(3)4)13-8-6-5-7-9-13/h5-10,12,15,17H,11H2,1-4H3. The minimum Gasteiger partial charge on any atom is -0.388 e. The minimum atomic E-state index is -0.405. The smallest absolute Gasteiger partial charge is 0.0816 e. The predicted molar refractivity (Wildman–Crippen MR) is 73.8 cm³/mol. The monoisotopic (exact) mass is 233 g/mol. The highest BCUT2D eigenvalue weighted by Crippen LogP contribution is 2.23. The topological polar surface area (TPSA) is 23.5 Å². The van der Waals surface area contributed by atoms with Gasteiger partial charge in [0.2, 0.25) is 0 Å². The van der Waals surface area contributed by atoms with Gasteiger partial charge in [-0.2, -0.15) is 0 Å². The SMILES string of the molecule is CC(C)C(O)C(=CCN(C)C)c1ccccc1. The maximum Gasteiger partial charge on any atom is 0.0816 e. The van der Waals surface area contributed by atoms with E-state index in [9.17, 15) is 5.11 Å². The predicted octanol–water partition coefficient (Wildman–Crippen LogP) is 2.65. The van der Waals surface area contributed by atoms with Crippen LogP contribution in [0.2, 0.25) is 0 Å². The lowest BCUT2D eigenvalue weighted by Gasteiger charge is -2.20. The summed E-state index contributed by atoms with van der Waals surface area (Å²) in [5, 5.41) is 10.3. The molecule has 0 radical (unpaired) electrons. The second kappa shape index (κ2) is 6.58. The molecule has 0 aromatic heterocycles. The van der Waals surface area contributed by atoms with Gasteiger partial charge in [-0.25, -0.2) is 0 Å². The number of benzene rings is 1. The summed E-state index contributed by atoms with van der Waals surface area (Å²) in [6, 6.07) is 10.1. The van der Waals surface area contributed by atoms with Crippen LogP contribution in [0.25, 0.3) is 5.57 Å². The largest absolute Gasteiger partial charge is 0.388 e. The van der Waals surface area contributed by atoms with Gasteiger partial charge in [0.1, 0.15) is 0 Å². The summed E-state index contributed by atoms with van der Waals surface area (Å²) in [4.78, 5) is 2.09. The summed E-state index contributed by atoms with van der Waals surface area (Å²) in [6.45, 7) is 4.92. The first-order valence-corrected chi connectivity index (χ1v) is 6.10. The van der Waals surface area contributed by atoms with Crippen molar-refractivity contribution in [2.75, 3.05) is 20.6 Å². The van der Waals surface area contributed by atoms with Gasteiger partial charge in [-0.05, 0) is 31.1 Å². The van der Waals surface area contributed by atoms with E-state index in [0.29, 0.717) is 0 Å². The lowest BCUT2D eigenvalue weighted by atomic mass is 9.93. The number of hydrogen-bond acceptors (Lipinski definition) is 2. The van der Waals surface area contributed by atoms with Gasteiger partial charge in [-0.1, -0.05) is 50.3 Å². The van der Waals surface area contributed by atoms with Crippen molar-refractivity contribution in [1.29, 1.82) is 0 Å². The highest BCUT2D eigenvalue weighted by atomic mass is 16.3. The van der Waals surface area contributed by atoms with E-state index in [2.05, 4.69) is 11.0 Å². The highest BCUT2D eigenvalue weighted by Gasteiger charge is 2.16. The zero-order chi connectivity index (χ0) is 12.8. The molecule has 0 spiro atoms. The Bertz CT molecular complexity index is 354. The summed E-state index contributed by atoms with van der Waals surface area (Å²) in [6.07, 6.45) is 1.71. The highest BCUT2D eigenvalue weighted by molar-refractivity contribution is 5.69. The zero-order valence-corrected chi connectivity index (χ0v) is 11.2. The fraction of sp³-hybridized carbons (Fsp3) is 0.467. The van der Waals surface area contributed by atoms with Crippen molar-refractivity contribution in [3.63, 3.8) is 0 Å². The Morgan fingerprint density at radius 1 is 1.24 bits per heavy atom. The van der Waals surface area contributed by atoms with Crippen LogP contribution in [-0.4, -0.2) is 36.8 Å². The Morgan fingerprint density at radius 3 is 2.29 bits per heavy atom. The molecule has 0 aliphatic heterocycles. The molecule has 1 N–H and O–H groups in total. The number of aliphatic hydroxyl groups excluding tert-OH is 1. The summed E-state index contributed by atoms with van der Waals surface area (Å²) in [7, 11) is 4.06. The molecule has 0 saturated heterocycles. The average molecular weight is 233 g/mol. The van der Waals surface area contributed by atoms with Gasteiger partial charge in [0.05, 0.1) is 6.10 Å². The van der Waals surface area contributed by atoms with Gasteiger partial charge in [0, 0.05) is 6.54 Å². The molecule has 0 heterocycles. The third-order valence-electron chi connectivity index (χ3n) is 2.73. The number of likely N-dealkylation sites (N-methyl/N-ethyl adjacent to an activating group) is 1. The van der Waals surface area contributed by atoms with Crippen molar-refractivity contribution in [3.05, 3.63) is 42.0 Å². The van der Waals surface area contributed by atoms with Crippen molar-refractivity contribution in [2.24, 2.45) is 5.92 Å². The van der Waals surface area contributed by atoms with Gasteiger partial charge in [0.25, 0.3) is 0 Å². The van der Waals surface area contributed by atoms with Gasteiger partial charge in [-0.15, -0.1) is 0 Å². The number of nitrogens with zero attached hydrogens (tertiary/aromatic N) is 1. The van der Waals surface area contributed by atoms with Crippen LogP contribution < -0.4 is 0 Å². The normalized spacial score (nSPS) is 14.4. The third-order valence-corrected chi connectivity index (χ3v) is 2.73. The first kappa shape index (κ1) is 13.9. The van der Waals surface area contributed by atoms with E-state index in [1.165, 1.54) is 0 Å². The molecular formula is C15H23NO. The van der Waals surface area contributed by atoms with Gasteiger partial charge >= 0.3 is 0 Å². The number of rotatable bonds is 5. The molecule has 1 atom stereocenters. The second-order valence-corrected chi connectivity index (χ2v) is 4.98. The maximum absolute atomic E-state index is 10.3. The lowest BCUT2D eigenvalue weighted by Crippen LogP contribution is -2.19. The summed E-state index contributed by atoms with van der Waals surface area (Å²) >= 11 is 0. The quantitative estimate of drug-likeness (QED) is 0.845. The molecule has 0 amide bonds. The molecule has 1 rings (SSSR count). The Kier molecular flexibility index (Phi) is 5.39. The van der Waals surface area contributed by atoms with Crippen molar-refractivity contribution in [3.8, 4) is 0 Å². The molecular weight excluding hydrogens is 210 g/mol. The molecule has 2 heteroatoms. The fourth-order valence-corrected chi connectivity index (χ4v) is 1.68. The molecule has 1 aromatic carbocycles. The number of aliphatic hydroxyl groups is 1. The Balaban J connectivity index is 2.99. The van der Waals surface area contributed by atoms with Crippen molar-refractivity contribution >= 4 is 5.57 Å². The Hall–Kier alpha value is -1.12. The molecule has 1 aromatic rings. The molecule has 2 nitrogen and oxygen atoms in total. The van der Waals surface area contributed by atoms with E-state index in [-0.39, 0.29) is 5.92 Å². The average Bonchev–Trinajstić information content (AvgIpc) is 2.30. The summed E-state index contributed by atoms with van der Waals surface area (Å²) in [5.74, 6) is 0.226. The van der Waals surface area contributed by atoms with E-state index < -0.39 is 6.10 Å². The van der Waals surface area contributed by atoms with Crippen molar-refractivity contribution < 1.29 is 5.11 Å². The zero-order valence-electron chi connectivity index (χ0n) is 11.2. The Labute approximate surface area is 105 Å². The molecule has 94 valence electrons. The van der Waals surface area contributed by atoms with Crippen LogP contribution in [0.3, 0.4) is 0 Å². The molecule has 0 aliphatic rings. The van der Waals surface area contributed by atoms with E-state index in [4.69, 9.17) is 0 Å². The molecule has 0 fully saturated rings. The first-order valence-electron chi connectivity index (χ1n) is 6.10. The third kappa shape index (κ3) is 4.33. The van der Waals surface area contributed by atoms with E-state index in [1.54, 1.807) is 0 Å². The molecule has 0 saturated carbocycles. The molecule has 0 aliphatic carbocycles. The first-order chi connectivity index (χ1) is 8.02. The molecule has 0 bridgehead atoms. The second-order valence-electron chi connectivity index (χ2n) is 4.98. The number of hydrogen-bond donors (Lipinski definition) is 1. The molecule has 17 heavy (non-hydrogen) atoms. The van der Waals surface area contributed by atoms with Crippen LogP contribution in [0.1, 0.15) is 19.4 Å². The minimum absolute atomic E-state index is 0.226. The van der Waals surface area contributed by atoms with E-state index in [0.717, 1.165) is 17.7 Å². The van der Waals surface area contributed by atoms with Crippen molar-refractivity contribution in [1.82, 2.24) is 4.90 Å². The van der Waals surface area contributed by atoms with Gasteiger partial charge < -0.3 is 10.0 Å². The van der Waals surface area contributed by atoms with Crippen LogP contribution >= 0.6 is 0 Å². The molecule has 1 unspecified atom stereocenters. The van der Waals surface area contributed by atoms with Gasteiger partial charge in [0.15, 0.2) is 0 Å². The lowest BCUT2D eigenvalue weighted by molar-refractivity contribution is 0.181. The van der Waals surface area contributed by atoms with E-state index in [1.807, 2.05) is 58.3 Å². The van der Waals surface area contributed by atoms with Gasteiger partial charge in [-0.3, -0.25) is 0 Å². The van der Waals surface area contributed by atoms with Crippen LogP contribution in [0, 0.1) is 5.92 Å².